The standard InChI is InChI=1S/C14H8Br4N2/c15-11-1-3-13(17)9(5-11)7-19-20-8-10-6-12(16)2-4-14(10)18/h1-8H/b19-7+,20-8+. The lowest BCUT2D eigenvalue weighted by Gasteiger charge is -1.98. The van der Waals surface area contributed by atoms with Gasteiger partial charge < -0.3 is 0 Å². The highest BCUT2D eigenvalue weighted by Gasteiger charge is 1.98. The van der Waals surface area contributed by atoms with E-state index >= 15 is 0 Å². The van der Waals surface area contributed by atoms with Crippen LogP contribution in [0.5, 0.6) is 0 Å². The van der Waals surface area contributed by atoms with Crippen LogP contribution in [0.1, 0.15) is 11.1 Å². The highest BCUT2D eigenvalue weighted by molar-refractivity contribution is 9.11. The Morgan fingerprint density at radius 2 is 1.05 bits per heavy atom. The fraction of sp³-hybridized carbons (Fsp3) is 0. The number of hydrogen-bond acceptors (Lipinski definition) is 2. The third-order valence-electron chi connectivity index (χ3n) is 2.38. The Labute approximate surface area is 150 Å². The SMILES string of the molecule is Brc1ccc(Br)c(/C=N/N=C/c2cc(Br)ccc2Br)c1. The second-order valence-corrected chi connectivity index (χ2v) is 7.36. The molecule has 0 aromatic heterocycles. The number of benzene rings is 2. The molecule has 0 N–H and O–H groups in total. The van der Waals surface area contributed by atoms with Crippen LogP contribution < -0.4 is 0 Å². The molecule has 2 rings (SSSR count). The van der Waals surface area contributed by atoms with Gasteiger partial charge in [0.25, 0.3) is 0 Å². The van der Waals surface area contributed by atoms with Gasteiger partial charge in [0.2, 0.25) is 0 Å². The molecule has 0 aliphatic rings. The first-order valence-corrected chi connectivity index (χ1v) is 8.70. The average Bonchev–Trinajstić information content (AvgIpc) is 2.42. The van der Waals surface area contributed by atoms with Crippen LogP contribution in [0.2, 0.25) is 0 Å². The topological polar surface area (TPSA) is 24.7 Å². The van der Waals surface area contributed by atoms with Gasteiger partial charge in [-0.1, -0.05) is 63.7 Å². The Kier molecular flexibility index (Phi) is 6.14. The summed E-state index contributed by atoms with van der Waals surface area (Å²) in [4.78, 5) is 0. The number of nitrogens with zero attached hydrogens (tertiary/aromatic N) is 2. The van der Waals surface area contributed by atoms with Crippen molar-refractivity contribution in [1.29, 1.82) is 0 Å². The van der Waals surface area contributed by atoms with Gasteiger partial charge in [0.1, 0.15) is 0 Å². The van der Waals surface area contributed by atoms with Crippen LogP contribution in [-0.4, -0.2) is 12.4 Å². The summed E-state index contributed by atoms with van der Waals surface area (Å²) in [6.07, 6.45) is 3.41. The van der Waals surface area contributed by atoms with Crippen molar-refractivity contribution in [3.63, 3.8) is 0 Å². The van der Waals surface area contributed by atoms with E-state index in [1.54, 1.807) is 12.4 Å². The maximum absolute atomic E-state index is 4.07. The summed E-state index contributed by atoms with van der Waals surface area (Å²) < 4.78 is 3.95. The van der Waals surface area contributed by atoms with Gasteiger partial charge in [-0.2, -0.15) is 10.2 Å². The van der Waals surface area contributed by atoms with E-state index in [0.29, 0.717) is 0 Å². The molecule has 2 nitrogen and oxygen atoms in total. The third kappa shape index (κ3) is 4.62. The first-order valence-electron chi connectivity index (χ1n) is 5.53. The van der Waals surface area contributed by atoms with E-state index in [4.69, 9.17) is 0 Å². The Balaban J connectivity index is 2.15. The fourth-order valence-corrected chi connectivity index (χ4v) is 2.87. The Morgan fingerprint density at radius 1 is 0.650 bits per heavy atom. The molecule has 2 aromatic rings. The lowest BCUT2D eigenvalue weighted by Crippen LogP contribution is -1.85. The summed E-state index contributed by atoms with van der Waals surface area (Å²) in [7, 11) is 0. The predicted molar refractivity (Wildman–Crippen MR) is 98.9 cm³/mol. The van der Waals surface area contributed by atoms with Gasteiger partial charge in [0.15, 0.2) is 0 Å². The average molecular weight is 524 g/mol. The van der Waals surface area contributed by atoms with Crippen molar-refractivity contribution in [3.8, 4) is 0 Å². The van der Waals surface area contributed by atoms with Crippen molar-refractivity contribution in [2.24, 2.45) is 10.2 Å². The largest absolute Gasteiger partial charge is 0.158 e. The highest BCUT2D eigenvalue weighted by Crippen LogP contribution is 2.21. The molecule has 6 heteroatoms. The second kappa shape index (κ2) is 7.64. The van der Waals surface area contributed by atoms with Gasteiger partial charge in [-0.15, -0.1) is 0 Å². The van der Waals surface area contributed by atoms with Crippen molar-refractivity contribution in [2.75, 3.05) is 0 Å². The Morgan fingerprint density at radius 3 is 1.45 bits per heavy atom. The minimum atomic E-state index is 0.963. The quantitative estimate of drug-likeness (QED) is 0.339. The molecule has 0 spiro atoms. The first-order chi connectivity index (χ1) is 9.56. The molecule has 2 aromatic carbocycles. The molecule has 20 heavy (non-hydrogen) atoms. The maximum Gasteiger partial charge on any atom is 0.0579 e. The van der Waals surface area contributed by atoms with Crippen LogP contribution >= 0.6 is 63.7 Å². The predicted octanol–water partition coefficient (Wildman–Crippen LogP) is 6.19. The normalized spacial score (nSPS) is 11.6. The summed E-state index contributed by atoms with van der Waals surface area (Å²) in [5.41, 5.74) is 1.93. The van der Waals surface area contributed by atoms with Gasteiger partial charge in [-0.25, -0.2) is 0 Å². The van der Waals surface area contributed by atoms with E-state index in [9.17, 15) is 0 Å². The molecule has 0 fully saturated rings. The summed E-state index contributed by atoms with van der Waals surface area (Å²) in [6.45, 7) is 0. The van der Waals surface area contributed by atoms with Gasteiger partial charge in [0.05, 0.1) is 12.4 Å². The molecule has 0 aliphatic carbocycles. The number of halogens is 4. The zero-order valence-corrected chi connectivity index (χ0v) is 16.4. The van der Waals surface area contributed by atoms with Crippen molar-refractivity contribution >= 4 is 76.1 Å². The molecule has 0 unspecified atom stereocenters. The van der Waals surface area contributed by atoms with Crippen molar-refractivity contribution in [3.05, 3.63) is 65.4 Å². The molecular weight excluding hydrogens is 516 g/mol. The van der Waals surface area contributed by atoms with E-state index in [2.05, 4.69) is 73.9 Å². The maximum atomic E-state index is 4.07. The zero-order valence-electron chi connectivity index (χ0n) is 10.0. The van der Waals surface area contributed by atoms with Crippen LogP contribution in [0.4, 0.5) is 0 Å². The third-order valence-corrected chi connectivity index (χ3v) is 4.81. The molecule has 0 heterocycles. The van der Waals surface area contributed by atoms with Crippen molar-refractivity contribution in [1.82, 2.24) is 0 Å². The lowest BCUT2D eigenvalue weighted by atomic mass is 10.2. The van der Waals surface area contributed by atoms with E-state index < -0.39 is 0 Å². The molecule has 0 saturated carbocycles. The van der Waals surface area contributed by atoms with E-state index in [1.165, 1.54) is 0 Å². The summed E-state index contributed by atoms with van der Waals surface area (Å²) in [6, 6.07) is 11.8. The van der Waals surface area contributed by atoms with Crippen molar-refractivity contribution in [2.45, 2.75) is 0 Å². The van der Waals surface area contributed by atoms with Crippen LogP contribution in [0, 0.1) is 0 Å². The molecule has 0 amide bonds. The molecule has 0 saturated heterocycles. The molecule has 0 radical (unpaired) electrons. The van der Waals surface area contributed by atoms with Crippen LogP contribution in [-0.2, 0) is 0 Å². The second-order valence-electron chi connectivity index (χ2n) is 3.82. The highest BCUT2D eigenvalue weighted by atomic mass is 79.9. The van der Waals surface area contributed by atoms with Gasteiger partial charge >= 0.3 is 0 Å². The van der Waals surface area contributed by atoms with E-state index in [1.807, 2.05) is 36.4 Å². The summed E-state index contributed by atoms with van der Waals surface area (Å²) >= 11 is 13.8. The lowest BCUT2D eigenvalue weighted by molar-refractivity contribution is 1.26. The van der Waals surface area contributed by atoms with Crippen LogP contribution in [0.15, 0.2) is 64.5 Å². The van der Waals surface area contributed by atoms with Gasteiger partial charge in [-0.05, 0) is 36.4 Å². The summed E-state index contributed by atoms with van der Waals surface area (Å²) in [5, 5.41) is 8.13. The minimum Gasteiger partial charge on any atom is -0.158 e. The molecular formula is C14H8Br4N2. The number of rotatable bonds is 3. The van der Waals surface area contributed by atoms with E-state index in [0.717, 1.165) is 29.0 Å². The smallest absolute Gasteiger partial charge is 0.0579 e. The monoisotopic (exact) mass is 520 g/mol. The molecule has 0 aliphatic heterocycles. The van der Waals surface area contributed by atoms with Gasteiger partial charge in [-0.3, -0.25) is 0 Å². The molecule has 0 bridgehead atoms. The summed E-state index contributed by atoms with van der Waals surface area (Å²) in [5.74, 6) is 0. The Bertz CT molecular complexity index is 621. The molecule has 102 valence electrons. The minimum absolute atomic E-state index is 0.963. The zero-order chi connectivity index (χ0) is 14.5. The first kappa shape index (κ1) is 16.1. The fourth-order valence-electron chi connectivity index (χ4n) is 1.42. The van der Waals surface area contributed by atoms with Gasteiger partial charge in [0, 0.05) is 29.0 Å². The molecule has 0 atom stereocenters. The van der Waals surface area contributed by atoms with Crippen molar-refractivity contribution < 1.29 is 0 Å². The number of hydrogen-bond donors (Lipinski definition) is 0. The van der Waals surface area contributed by atoms with E-state index in [-0.39, 0.29) is 0 Å². The Hall–Kier alpha value is -0.300. The van der Waals surface area contributed by atoms with Crippen LogP contribution in [0.25, 0.3) is 0 Å². The van der Waals surface area contributed by atoms with Crippen LogP contribution in [0.3, 0.4) is 0 Å².